The van der Waals surface area contributed by atoms with Crippen LogP contribution in [-0.4, -0.2) is 57.7 Å². The molecule has 0 bridgehead atoms. The fourth-order valence-electron chi connectivity index (χ4n) is 2.87. The summed E-state index contributed by atoms with van der Waals surface area (Å²) < 4.78 is 0. The van der Waals surface area contributed by atoms with Gasteiger partial charge in [0.2, 0.25) is 5.91 Å². The number of carbonyl (C=O) groups excluding carboxylic acids is 2. The molecule has 3 rings (SSSR count). The summed E-state index contributed by atoms with van der Waals surface area (Å²) in [5.41, 5.74) is 3.76. The molecule has 1 saturated heterocycles. The number of anilines is 1. The summed E-state index contributed by atoms with van der Waals surface area (Å²) >= 11 is 0. The fourth-order valence-corrected chi connectivity index (χ4v) is 2.87. The number of piperazine rings is 1. The van der Waals surface area contributed by atoms with Gasteiger partial charge in [-0.05, 0) is 38.5 Å². The number of carbonyl (C=O) groups is 2. The van der Waals surface area contributed by atoms with Crippen molar-refractivity contribution < 1.29 is 14.7 Å². The Kier molecular flexibility index (Phi) is 4.80. The van der Waals surface area contributed by atoms with E-state index in [-0.39, 0.29) is 25.0 Å². The zero-order chi connectivity index (χ0) is 18.0. The second kappa shape index (κ2) is 7.02. The lowest BCUT2D eigenvalue weighted by Gasteiger charge is -2.34. The number of amides is 3. The Labute approximate surface area is 145 Å². The Morgan fingerprint density at radius 3 is 2.76 bits per heavy atom. The SMILES string of the molecule is Cc1nc2ccc(NC(=O)N3CCNC(=O)C3CCO)cc2nc1C. The van der Waals surface area contributed by atoms with E-state index >= 15 is 0 Å². The highest BCUT2D eigenvalue weighted by Gasteiger charge is 2.32. The maximum atomic E-state index is 12.6. The molecule has 1 aromatic carbocycles. The molecule has 25 heavy (non-hydrogen) atoms. The number of rotatable bonds is 3. The highest BCUT2D eigenvalue weighted by Crippen LogP contribution is 2.19. The van der Waals surface area contributed by atoms with Crippen LogP contribution in [-0.2, 0) is 4.79 Å². The van der Waals surface area contributed by atoms with Crippen molar-refractivity contribution in [2.24, 2.45) is 0 Å². The van der Waals surface area contributed by atoms with Crippen LogP contribution in [0.2, 0.25) is 0 Å². The molecule has 0 radical (unpaired) electrons. The van der Waals surface area contributed by atoms with Gasteiger partial charge < -0.3 is 20.6 Å². The molecule has 0 aliphatic carbocycles. The van der Waals surface area contributed by atoms with E-state index in [1.165, 1.54) is 4.90 Å². The number of nitrogens with zero attached hydrogens (tertiary/aromatic N) is 3. The topological polar surface area (TPSA) is 107 Å². The van der Waals surface area contributed by atoms with Crippen LogP contribution in [0.5, 0.6) is 0 Å². The highest BCUT2D eigenvalue weighted by molar-refractivity contribution is 5.95. The van der Waals surface area contributed by atoms with E-state index in [1.807, 2.05) is 13.8 Å². The lowest BCUT2D eigenvalue weighted by Crippen LogP contribution is -2.58. The number of hydrogen-bond donors (Lipinski definition) is 3. The molecule has 3 N–H and O–H groups in total. The van der Waals surface area contributed by atoms with E-state index in [0.717, 1.165) is 16.9 Å². The van der Waals surface area contributed by atoms with Crippen molar-refractivity contribution in [1.82, 2.24) is 20.2 Å². The second-order valence-electron chi connectivity index (χ2n) is 6.04. The van der Waals surface area contributed by atoms with E-state index in [2.05, 4.69) is 20.6 Å². The van der Waals surface area contributed by atoms with E-state index < -0.39 is 6.04 Å². The third-order valence-electron chi connectivity index (χ3n) is 4.32. The third kappa shape index (κ3) is 3.53. The second-order valence-corrected chi connectivity index (χ2v) is 6.04. The van der Waals surface area contributed by atoms with Crippen molar-refractivity contribution in [3.05, 3.63) is 29.6 Å². The molecule has 0 spiro atoms. The average Bonchev–Trinajstić information content (AvgIpc) is 2.58. The molecule has 1 aliphatic rings. The van der Waals surface area contributed by atoms with Gasteiger partial charge in [0.25, 0.3) is 0 Å². The van der Waals surface area contributed by atoms with Crippen molar-refractivity contribution in [3.8, 4) is 0 Å². The van der Waals surface area contributed by atoms with Gasteiger partial charge in [0.05, 0.1) is 22.4 Å². The van der Waals surface area contributed by atoms with Crippen molar-refractivity contribution in [1.29, 1.82) is 0 Å². The first-order valence-corrected chi connectivity index (χ1v) is 8.21. The van der Waals surface area contributed by atoms with Gasteiger partial charge in [0, 0.05) is 25.4 Å². The van der Waals surface area contributed by atoms with E-state index in [1.54, 1.807) is 18.2 Å². The number of aryl methyl sites for hydroxylation is 2. The molecule has 2 heterocycles. The van der Waals surface area contributed by atoms with Gasteiger partial charge in [-0.25, -0.2) is 14.8 Å². The van der Waals surface area contributed by atoms with Crippen LogP contribution in [0.3, 0.4) is 0 Å². The third-order valence-corrected chi connectivity index (χ3v) is 4.32. The highest BCUT2D eigenvalue weighted by atomic mass is 16.3. The quantitative estimate of drug-likeness (QED) is 0.769. The molecule has 8 heteroatoms. The van der Waals surface area contributed by atoms with Crippen LogP contribution < -0.4 is 10.6 Å². The van der Waals surface area contributed by atoms with Crippen molar-refractivity contribution in [2.75, 3.05) is 25.0 Å². The minimum Gasteiger partial charge on any atom is -0.396 e. The van der Waals surface area contributed by atoms with Gasteiger partial charge in [0.15, 0.2) is 0 Å². The van der Waals surface area contributed by atoms with Crippen LogP contribution in [0, 0.1) is 13.8 Å². The van der Waals surface area contributed by atoms with Crippen LogP contribution in [0.15, 0.2) is 18.2 Å². The van der Waals surface area contributed by atoms with E-state index in [0.29, 0.717) is 24.3 Å². The largest absolute Gasteiger partial charge is 0.396 e. The first-order chi connectivity index (χ1) is 12.0. The first-order valence-electron chi connectivity index (χ1n) is 8.21. The molecule has 1 unspecified atom stereocenters. The number of aliphatic hydroxyl groups is 1. The smallest absolute Gasteiger partial charge is 0.322 e. The number of aliphatic hydroxyl groups excluding tert-OH is 1. The molecular formula is C17H21N5O3. The summed E-state index contributed by atoms with van der Waals surface area (Å²) in [5.74, 6) is -0.245. The number of benzene rings is 1. The molecule has 132 valence electrons. The average molecular weight is 343 g/mol. The summed E-state index contributed by atoms with van der Waals surface area (Å²) in [6.07, 6.45) is 0.209. The number of urea groups is 1. The molecular weight excluding hydrogens is 322 g/mol. The number of aromatic nitrogens is 2. The molecule has 1 fully saturated rings. The predicted molar refractivity (Wildman–Crippen MR) is 93.2 cm³/mol. The summed E-state index contributed by atoms with van der Waals surface area (Å²) in [7, 11) is 0. The van der Waals surface area contributed by atoms with Gasteiger partial charge in [-0.15, -0.1) is 0 Å². The Morgan fingerprint density at radius 2 is 2.04 bits per heavy atom. The maximum absolute atomic E-state index is 12.6. The molecule has 0 saturated carbocycles. The minimum atomic E-state index is -0.663. The van der Waals surface area contributed by atoms with Crippen molar-refractivity contribution >= 4 is 28.7 Å². The Morgan fingerprint density at radius 1 is 1.32 bits per heavy atom. The summed E-state index contributed by atoms with van der Waals surface area (Å²) in [6, 6.07) is 4.29. The van der Waals surface area contributed by atoms with Crippen LogP contribution in [0.1, 0.15) is 17.8 Å². The van der Waals surface area contributed by atoms with Crippen molar-refractivity contribution in [2.45, 2.75) is 26.3 Å². The van der Waals surface area contributed by atoms with E-state index in [9.17, 15) is 9.59 Å². The van der Waals surface area contributed by atoms with Crippen LogP contribution in [0.4, 0.5) is 10.5 Å². The zero-order valence-electron chi connectivity index (χ0n) is 14.2. The molecule has 3 amide bonds. The molecule has 2 aromatic rings. The maximum Gasteiger partial charge on any atom is 0.322 e. The fraction of sp³-hybridized carbons (Fsp3) is 0.412. The van der Waals surface area contributed by atoms with Gasteiger partial charge >= 0.3 is 6.03 Å². The van der Waals surface area contributed by atoms with Gasteiger partial charge in [0.1, 0.15) is 6.04 Å². The lowest BCUT2D eigenvalue weighted by atomic mass is 10.1. The summed E-state index contributed by atoms with van der Waals surface area (Å²) in [6.45, 7) is 4.43. The van der Waals surface area contributed by atoms with Gasteiger partial charge in [-0.2, -0.15) is 0 Å². The monoisotopic (exact) mass is 343 g/mol. The molecule has 8 nitrogen and oxygen atoms in total. The molecule has 1 atom stereocenters. The van der Waals surface area contributed by atoms with Crippen molar-refractivity contribution in [3.63, 3.8) is 0 Å². The molecule has 1 aliphatic heterocycles. The van der Waals surface area contributed by atoms with Gasteiger partial charge in [-0.1, -0.05) is 0 Å². The standard InChI is InChI=1S/C17H21N5O3/c1-10-11(2)20-14-9-12(3-4-13(14)19-10)21-17(25)22-7-6-18-16(24)15(22)5-8-23/h3-4,9,15,23H,5-8H2,1-2H3,(H,18,24)(H,21,25). The lowest BCUT2D eigenvalue weighted by molar-refractivity contribution is -0.128. The van der Waals surface area contributed by atoms with Crippen LogP contribution >= 0.6 is 0 Å². The minimum absolute atomic E-state index is 0.161. The Balaban J connectivity index is 1.81. The summed E-state index contributed by atoms with van der Waals surface area (Å²) in [5, 5.41) is 14.7. The van der Waals surface area contributed by atoms with Gasteiger partial charge in [-0.3, -0.25) is 4.79 Å². The number of nitrogens with one attached hydrogen (secondary N) is 2. The summed E-state index contributed by atoms with van der Waals surface area (Å²) in [4.78, 5) is 34.9. The first kappa shape index (κ1) is 17.1. The Hall–Kier alpha value is -2.74. The molecule has 1 aromatic heterocycles. The predicted octanol–water partition coefficient (Wildman–Crippen LogP) is 0.961. The number of hydrogen-bond acceptors (Lipinski definition) is 5. The van der Waals surface area contributed by atoms with E-state index in [4.69, 9.17) is 5.11 Å². The normalized spacial score (nSPS) is 17.5. The van der Waals surface area contributed by atoms with Crippen LogP contribution in [0.25, 0.3) is 11.0 Å². The zero-order valence-corrected chi connectivity index (χ0v) is 14.2. The Bertz CT molecular complexity index is 823. The number of fused-ring (bicyclic) bond motifs is 1.